The molecule has 0 bridgehead atoms. The molecule has 1 aliphatic heterocycles. The molecule has 25 heavy (non-hydrogen) atoms. The summed E-state index contributed by atoms with van der Waals surface area (Å²) in [5.41, 5.74) is 0.570. The number of nitrogens with zero attached hydrogens (tertiary/aromatic N) is 1. The number of ether oxygens (including phenoxy) is 1. The number of rotatable bonds is 3. The Balaban J connectivity index is 2.04. The number of aliphatic carboxylic acids is 1. The molecular weight excluding hydrogens is 318 g/mol. The summed E-state index contributed by atoms with van der Waals surface area (Å²) in [4.78, 5) is 25.4. The summed E-state index contributed by atoms with van der Waals surface area (Å²) in [5, 5.41) is 9.43. The lowest BCUT2D eigenvalue weighted by atomic mass is 9.81. The summed E-state index contributed by atoms with van der Waals surface area (Å²) in [5.74, 6) is -0.493. The van der Waals surface area contributed by atoms with Crippen molar-refractivity contribution in [1.29, 1.82) is 0 Å². The first-order valence-corrected chi connectivity index (χ1v) is 8.82. The van der Waals surface area contributed by atoms with Gasteiger partial charge >= 0.3 is 12.1 Å². The van der Waals surface area contributed by atoms with E-state index in [0.29, 0.717) is 19.0 Å². The van der Waals surface area contributed by atoms with Gasteiger partial charge in [0.2, 0.25) is 0 Å². The van der Waals surface area contributed by atoms with Crippen LogP contribution in [0.1, 0.15) is 64.5 Å². The van der Waals surface area contributed by atoms with Gasteiger partial charge in [0.25, 0.3) is 0 Å². The van der Waals surface area contributed by atoms with Gasteiger partial charge in [-0.1, -0.05) is 24.3 Å². The molecule has 0 radical (unpaired) electrons. The van der Waals surface area contributed by atoms with E-state index in [2.05, 4.69) is 6.07 Å². The maximum absolute atomic E-state index is 12.2. The summed E-state index contributed by atoms with van der Waals surface area (Å²) in [6, 6.07) is 7.85. The third-order valence-corrected chi connectivity index (χ3v) is 4.76. The molecule has 1 saturated heterocycles. The lowest BCUT2D eigenvalue weighted by Crippen LogP contribution is -2.41. The maximum atomic E-state index is 12.2. The fraction of sp³-hybridized carbons (Fsp3) is 0.600. The number of hydrogen-bond acceptors (Lipinski definition) is 3. The minimum absolute atomic E-state index is 0.258. The molecule has 0 saturated carbocycles. The van der Waals surface area contributed by atoms with Crippen molar-refractivity contribution in [2.24, 2.45) is 0 Å². The average Bonchev–Trinajstić information content (AvgIpc) is 2.53. The van der Waals surface area contributed by atoms with Gasteiger partial charge < -0.3 is 14.7 Å². The number of carboxylic acids is 1. The van der Waals surface area contributed by atoms with Crippen molar-refractivity contribution >= 4 is 12.1 Å². The second kappa shape index (κ2) is 7.06. The zero-order chi connectivity index (χ0) is 18.8. The first kappa shape index (κ1) is 19.3. The van der Waals surface area contributed by atoms with Crippen molar-refractivity contribution in [3.63, 3.8) is 0 Å². The zero-order valence-electron chi connectivity index (χ0n) is 15.8. The number of benzene rings is 1. The highest BCUT2D eigenvalue weighted by atomic mass is 16.6. The van der Waals surface area contributed by atoms with E-state index in [4.69, 9.17) is 4.74 Å². The van der Waals surface area contributed by atoms with Crippen molar-refractivity contribution in [3.05, 3.63) is 35.4 Å². The topological polar surface area (TPSA) is 66.8 Å². The maximum Gasteiger partial charge on any atom is 0.410 e. The highest BCUT2D eigenvalue weighted by molar-refractivity contribution is 5.80. The Bertz CT molecular complexity index is 637. The van der Waals surface area contributed by atoms with Crippen molar-refractivity contribution in [3.8, 4) is 0 Å². The summed E-state index contributed by atoms with van der Waals surface area (Å²) >= 11 is 0. The number of hydrogen-bond donors (Lipinski definition) is 1. The van der Waals surface area contributed by atoms with Crippen LogP contribution in [0.15, 0.2) is 24.3 Å². The van der Waals surface area contributed by atoms with Crippen molar-refractivity contribution in [2.45, 2.75) is 64.4 Å². The molecule has 1 aromatic rings. The van der Waals surface area contributed by atoms with Crippen LogP contribution < -0.4 is 0 Å². The third-order valence-electron chi connectivity index (χ3n) is 4.76. The Hall–Kier alpha value is -2.04. The quantitative estimate of drug-likeness (QED) is 0.891. The van der Waals surface area contributed by atoms with Gasteiger partial charge in [-0.15, -0.1) is 0 Å². The molecule has 0 aromatic heterocycles. The number of carbonyl (C=O) groups excluding carboxylic acids is 1. The van der Waals surface area contributed by atoms with E-state index in [1.807, 2.05) is 39.0 Å². The van der Waals surface area contributed by atoms with Gasteiger partial charge in [0.05, 0.1) is 5.41 Å². The molecule has 1 aliphatic rings. The zero-order valence-corrected chi connectivity index (χ0v) is 15.8. The summed E-state index contributed by atoms with van der Waals surface area (Å²) in [6.45, 7) is 10.4. The molecule has 5 heteroatoms. The van der Waals surface area contributed by atoms with Gasteiger partial charge in [-0.2, -0.15) is 0 Å². The lowest BCUT2D eigenvalue weighted by molar-refractivity contribution is -0.142. The number of piperidine rings is 1. The van der Waals surface area contributed by atoms with E-state index < -0.39 is 17.0 Å². The molecular formula is C20H29NO4. The van der Waals surface area contributed by atoms with E-state index in [-0.39, 0.29) is 6.09 Å². The van der Waals surface area contributed by atoms with Gasteiger partial charge in [0.1, 0.15) is 5.60 Å². The van der Waals surface area contributed by atoms with E-state index in [1.54, 1.807) is 18.7 Å². The number of carboxylic acid groups (broad SMARTS) is 1. The molecule has 138 valence electrons. The Morgan fingerprint density at radius 3 is 2.24 bits per heavy atom. The van der Waals surface area contributed by atoms with Crippen LogP contribution in [0.5, 0.6) is 0 Å². The predicted molar refractivity (Wildman–Crippen MR) is 96.9 cm³/mol. The fourth-order valence-corrected chi connectivity index (χ4v) is 3.03. The van der Waals surface area contributed by atoms with Gasteiger partial charge in [0, 0.05) is 13.1 Å². The number of likely N-dealkylation sites (tertiary alicyclic amines) is 1. The number of carbonyl (C=O) groups is 2. The Kier molecular flexibility index (Phi) is 5.45. The van der Waals surface area contributed by atoms with Crippen LogP contribution in [0.4, 0.5) is 4.79 Å². The van der Waals surface area contributed by atoms with E-state index >= 15 is 0 Å². The number of amides is 1. The Morgan fingerprint density at radius 1 is 1.12 bits per heavy atom. The highest BCUT2D eigenvalue weighted by Gasteiger charge is 2.31. The predicted octanol–water partition coefficient (Wildman–Crippen LogP) is 4.16. The van der Waals surface area contributed by atoms with Crippen LogP contribution in [0.3, 0.4) is 0 Å². The normalized spacial score (nSPS) is 16.6. The lowest BCUT2D eigenvalue weighted by Gasteiger charge is -2.34. The van der Waals surface area contributed by atoms with Crippen molar-refractivity contribution in [1.82, 2.24) is 4.90 Å². The first-order valence-electron chi connectivity index (χ1n) is 8.82. The SMILES string of the molecule is CC(C)(C)OC(=O)N1CCC(c2cccc(C(C)(C)C(=O)O)c2)CC1. The molecule has 0 atom stereocenters. The standard InChI is InChI=1S/C20H29NO4/c1-19(2,3)25-18(24)21-11-9-14(10-12-21)15-7-6-8-16(13-15)20(4,5)17(22)23/h6-8,13-14H,9-12H2,1-5H3,(H,22,23). The molecule has 0 unspecified atom stereocenters. The van der Waals surface area contributed by atoms with Gasteiger partial charge in [0.15, 0.2) is 0 Å². The minimum Gasteiger partial charge on any atom is -0.481 e. The summed E-state index contributed by atoms with van der Waals surface area (Å²) in [6.07, 6.45) is 1.46. The Morgan fingerprint density at radius 2 is 1.72 bits per heavy atom. The first-order chi connectivity index (χ1) is 11.5. The van der Waals surface area contributed by atoms with Crippen LogP contribution in [0.2, 0.25) is 0 Å². The fourth-order valence-electron chi connectivity index (χ4n) is 3.03. The third kappa shape index (κ3) is 4.74. The molecule has 0 aliphatic carbocycles. The monoisotopic (exact) mass is 347 g/mol. The van der Waals surface area contributed by atoms with Gasteiger partial charge in [-0.25, -0.2) is 4.79 Å². The molecule has 1 heterocycles. The van der Waals surface area contributed by atoms with Crippen molar-refractivity contribution < 1.29 is 19.4 Å². The summed E-state index contributed by atoms with van der Waals surface area (Å²) < 4.78 is 5.43. The van der Waals surface area contributed by atoms with Gasteiger partial charge in [-0.05, 0) is 64.5 Å². The van der Waals surface area contributed by atoms with E-state index in [0.717, 1.165) is 24.0 Å². The molecule has 0 spiro atoms. The molecule has 1 aromatic carbocycles. The molecule has 5 nitrogen and oxygen atoms in total. The molecule has 2 rings (SSSR count). The molecule has 1 fully saturated rings. The molecule has 1 N–H and O–H groups in total. The Labute approximate surface area is 150 Å². The minimum atomic E-state index is -0.909. The largest absolute Gasteiger partial charge is 0.481 e. The second-order valence-electron chi connectivity index (χ2n) is 8.30. The van der Waals surface area contributed by atoms with Gasteiger partial charge in [-0.3, -0.25) is 4.79 Å². The highest BCUT2D eigenvalue weighted by Crippen LogP contribution is 2.32. The smallest absolute Gasteiger partial charge is 0.410 e. The van der Waals surface area contributed by atoms with E-state index in [9.17, 15) is 14.7 Å². The second-order valence-corrected chi connectivity index (χ2v) is 8.30. The summed E-state index contributed by atoms with van der Waals surface area (Å²) in [7, 11) is 0. The van der Waals surface area contributed by atoms with Crippen LogP contribution in [-0.2, 0) is 14.9 Å². The van der Waals surface area contributed by atoms with Crippen LogP contribution >= 0.6 is 0 Å². The van der Waals surface area contributed by atoms with Crippen LogP contribution in [-0.4, -0.2) is 40.8 Å². The van der Waals surface area contributed by atoms with Crippen LogP contribution in [0.25, 0.3) is 0 Å². The van der Waals surface area contributed by atoms with E-state index in [1.165, 1.54) is 0 Å². The van der Waals surface area contributed by atoms with Crippen molar-refractivity contribution in [2.75, 3.05) is 13.1 Å². The molecule has 1 amide bonds. The van der Waals surface area contributed by atoms with Crippen LogP contribution in [0, 0.1) is 0 Å². The average molecular weight is 347 g/mol.